The van der Waals surface area contributed by atoms with Crippen molar-refractivity contribution in [1.82, 2.24) is 4.90 Å². The van der Waals surface area contributed by atoms with E-state index in [4.69, 9.17) is 18.9 Å². The Balaban J connectivity index is 1.87. The van der Waals surface area contributed by atoms with Crippen molar-refractivity contribution in [1.29, 1.82) is 0 Å². The fourth-order valence-electron chi connectivity index (χ4n) is 2.88. The van der Waals surface area contributed by atoms with Crippen LogP contribution in [0, 0.1) is 0 Å². The van der Waals surface area contributed by atoms with Crippen LogP contribution in [0.3, 0.4) is 0 Å². The number of carbonyl (C=O) groups excluding carboxylic acids is 2. The number of rotatable bonds is 7. The Hall–Kier alpha value is -2.54. The van der Waals surface area contributed by atoms with Crippen LogP contribution >= 0.6 is 0 Å². The fraction of sp³-hybridized carbons (Fsp3) is 0.500. The molecule has 1 aliphatic heterocycles. The van der Waals surface area contributed by atoms with Crippen LogP contribution in [0.25, 0.3) is 6.08 Å². The number of hydrogen-bond acceptors (Lipinski definition) is 6. The Kier molecular flexibility index (Phi) is 7.67. The predicted molar refractivity (Wildman–Crippen MR) is 101 cm³/mol. The lowest BCUT2D eigenvalue weighted by atomic mass is 10.2. The van der Waals surface area contributed by atoms with Gasteiger partial charge in [-0.05, 0) is 44.5 Å². The third-order valence-electron chi connectivity index (χ3n) is 4.01. The molecule has 1 saturated heterocycles. The molecule has 1 heterocycles. The maximum Gasteiger partial charge on any atom is 0.331 e. The molecule has 0 aliphatic carbocycles. The van der Waals surface area contributed by atoms with Crippen LogP contribution in [0.15, 0.2) is 24.3 Å². The van der Waals surface area contributed by atoms with Crippen molar-refractivity contribution >= 4 is 18.0 Å². The Labute approximate surface area is 159 Å². The SMILES string of the molecule is CCOc1ccc(/C=C/C(=O)OCC(=O)N2C[C@H](C)O[C@@H](C)C2)cc1OC. The first-order valence-corrected chi connectivity index (χ1v) is 9.01. The van der Waals surface area contributed by atoms with Gasteiger partial charge in [0.25, 0.3) is 5.91 Å². The zero-order valence-corrected chi connectivity index (χ0v) is 16.3. The first kappa shape index (κ1) is 20.8. The minimum absolute atomic E-state index is 0.0251. The summed E-state index contributed by atoms with van der Waals surface area (Å²) in [4.78, 5) is 25.7. The number of amides is 1. The molecule has 148 valence electrons. The smallest absolute Gasteiger partial charge is 0.331 e. The second-order valence-electron chi connectivity index (χ2n) is 6.34. The summed E-state index contributed by atoms with van der Waals surface area (Å²) in [5.41, 5.74) is 0.759. The number of benzene rings is 1. The lowest BCUT2D eigenvalue weighted by Gasteiger charge is -2.35. The van der Waals surface area contributed by atoms with Gasteiger partial charge in [-0.1, -0.05) is 6.07 Å². The van der Waals surface area contributed by atoms with Gasteiger partial charge in [0, 0.05) is 19.2 Å². The number of esters is 1. The predicted octanol–water partition coefficient (Wildman–Crippen LogP) is 2.29. The van der Waals surface area contributed by atoms with Gasteiger partial charge in [-0.3, -0.25) is 4.79 Å². The molecule has 1 aromatic carbocycles. The normalized spacial score (nSPS) is 19.8. The van der Waals surface area contributed by atoms with Crippen LogP contribution in [0.4, 0.5) is 0 Å². The van der Waals surface area contributed by atoms with E-state index >= 15 is 0 Å². The molecule has 1 aromatic rings. The van der Waals surface area contributed by atoms with Crippen LogP contribution in [-0.2, 0) is 19.1 Å². The molecule has 0 bridgehead atoms. The average molecular weight is 377 g/mol. The van der Waals surface area contributed by atoms with Crippen molar-refractivity contribution in [2.45, 2.75) is 33.0 Å². The second kappa shape index (κ2) is 9.97. The van der Waals surface area contributed by atoms with Crippen LogP contribution in [-0.4, -0.2) is 62.4 Å². The quantitative estimate of drug-likeness (QED) is 0.536. The summed E-state index contributed by atoms with van der Waals surface area (Å²) in [7, 11) is 1.55. The van der Waals surface area contributed by atoms with Gasteiger partial charge < -0.3 is 23.8 Å². The summed E-state index contributed by atoms with van der Waals surface area (Å²) >= 11 is 0. The van der Waals surface area contributed by atoms with E-state index < -0.39 is 5.97 Å². The van der Waals surface area contributed by atoms with Gasteiger partial charge in [0.05, 0.1) is 25.9 Å². The van der Waals surface area contributed by atoms with Crippen LogP contribution < -0.4 is 9.47 Å². The van der Waals surface area contributed by atoms with Crippen LogP contribution in [0.1, 0.15) is 26.3 Å². The Morgan fingerprint density at radius 2 is 1.93 bits per heavy atom. The molecule has 0 unspecified atom stereocenters. The van der Waals surface area contributed by atoms with Gasteiger partial charge in [-0.15, -0.1) is 0 Å². The van der Waals surface area contributed by atoms with E-state index in [9.17, 15) is 9.59 Å². The fourth-order valence-corrected chi connectivity index (χ4v) is 2.88. The topological polar surface area (TPSA) is 74.3 Å². The van der Waals surface area contributed by atoms with E-state index in [0.717, 1.165) is 5.56 Å². The highest BCUT2D eigenvalue weighted by atomic mass is 16.5. The maximum absolute atomic E-state index is 12.2. The molecule has 7 heteroatoms. The van der Waals surface area contributed by atoms with Gasteiger partial charge in [0.2, 0.25) is 0 Å². The zero-order chi connectivity index (χ0) is 19.8. The number of ether oxygens (including phenoxy) is 4. The lowest BCUT2D eigenvalue weighted by molar-refractivity contribution is -0.154. The van der Waals surface area contributed by atoms with Crippen molar-refractivity contribution in [2.75, 3.05) is 33.4 Å². The number of carbonyl (C=O) groups is 2. The van der Waals surface area contributed by atoms with Crippen molar-refractivity contribution in [3.63, 3.8) is 0 Å². The third-order valence-corrected chi connectivity index (χ3v) is 4.01. The Morgan fingerprint density at radius 3 is 2.56 bits per heavy atom. The molecule has 1 amide bonds. The molecular weight excluding hydrogens is 350 g/mol. The van der Waals surface area contributed by atoms with Crippen molar-refractivity contribution in [3.05, 3.63) is 29.8 Å². The Morgan fingerprint density at radius 1 is 1.22 bits per heavy atom. The minimum Gasteiger partial charge on any atom is -0.493 e. The number of hydrogen-bond donors (Lipinski definition) is 0. The molecule has 0 saturated carbocycles. The molecule has 0 aromatic heterocycles. The van der Waals surface area contributed by atoms with Gasteiger partial charge >= 0.3 is 5.97 Å². The van der Waals surface area contributed by atoms with Gasteiger partial charge in [-0.25, -0.2) is 4.79 Å². The van der Waals surface area contributed by atoms with E-state index in [-0.39, 0.29) is 24.7 Å². The molecule has 27 heavy (non-hydrogen) atoms. The van der Waals surface area contributed by atoms with E-state index in [1.807, 2.05) is 20.8 Å². The highest BCUT2D eigenvalue weighted by molar-refractivity contribution is 5.89. The van der Waals surface area contributed by atoms with E-state index in [2.05, 4.69) is 0 Å². The highest BCUT2D eigenvalue weighted by Crippen LogP contribution is 2.28. The maximum atomic E-state index is 12.2. The summed E-state index contributed by atoms with van der Waals surface area (Å²) in [6.45, 7) is 6.97. The summed E-state index contributed by atoms with van der Waals surface area (Å²) in [6, 6.07) is 5.34. The molecule has 2 atom stereocenters. The third kappa shape index (κ3) is 6.29. The van der Waals surface area contributed by atoms with Gasteiger partial charge in [0.1, 0.15) is 0 Å². The molecule has 1 fully saturated rings. The minimum atomic E-state index is -0.578. The number of morpholine rings is 1. The van der Waals surface area contributed by atoms with Crippen molar-refractivity contribution < 1.29 is 28.5 Å². The molecule has 0 radical (unpaired) electrons. The first-order valence-electron chi connectivity index (χ1n) is 9.01. The first-order chi connectivity index (χ1) is 12.9. The van der Waals surface area contributed by atoms with Gasteiger partial charge in [0.15, 0.2) is 18.1 Å². The molecule has 7 nitrogen and oxygen atoms in total. The summed E-state index contributed by atoms with van der Waals surface area (Å²) in [5, 5.41) is 0. The largest absolute Gasteiger partial charge is 0.493 e. The van der Waals surface area contributed by atoms with E-state index in [1.54, 1.807) is 36.3 Å². The number of methoxy groups -OCH3 is 1. The van der Waals surface area contributed by atoms with Crippen molar-refractivity contribution in [3.8, 4) is 11.5 Å². The molecule has 2 rings (SSSR count). The zero-order valence-electron chi connectivity index (χ0n) is 16.3. The lowest BCUT2D eigenvalue weighted by Crippen LogP contribution is -2.49. The average Bonchev–Trinajstić information content (AvgIpc) is 2.64. The van der Waals surface area contributed by atoms with E-state index in [1.165, 1.54) is 6.08 Å². The summed E-state index contributed by atoms with van der Waals surface area (Å²) in [5.74, 6) is 0.421. The van der Waals surface area contributed by atoms with E-state index in [0.29, 0.717) is 31.2 Å². The monoisotopic (exact) mass is 377 g/mol. The summed E-state index contributed by atoms with van der Waals surface area (Å²) < 4.78 is 21.4. The molecule has 0 N–H and O–H groups in total. The molecule has 0 spiro atoms. The highest BCUT2D eigenvalue weighted by Gasteiger charge is 2.26. The number of nitrogens with zero attached hydrogens (tertiary/aromatic N) is 1. The molecule has 1 aliphatic rings. The summed E-state index contributed by atoms with van der Waals surface area (Å²) in [6.07, 6.45) is 2.84. The van der Waals surface area contributed by atoms with Crippen LogP contribution in [0.2, 0.25) is 0 Å². The molecular formula is C20H27NO6. The van der Waals surface area contributed by atoms with Crippen LogP contribution in [0.5, 0.6) is 11.5 Å². The Bertz CT molecular complexity index is 677. The van der Waals surface area contributed by atoms with Crippen molar-refractivity contribution in [2.24, 2.45) is 0 Å². The standard InChI is InChI=1S/C20H27NO6/c1-5-25-17-8-6-16(10-18(17)24-4)7-9-20(23)26-13-19(22)21-11-14(2)27-15(3)12-21/h6-10,14-15H,5,11-13H2,1-4H3/b9-7+/t14-,15-/m0/s1. The second-order valence-corrected chi connectivity index (χ2v) is 6.34. The van der Waals surface area contributed by atoms with Gasteiger partial charge in [-0.2, -0.15) is 0 Å².